The van der Waals surface area contributed by atoms with Crippen LogP contribution in [0.15, 0.2) is 53.1 Å². The highest BCUT2D eigenvalue weighted by Crippen LogP contribution is 2.27. The van der Waals surface area contributed by atoms with E-state index in [1.807, 2.05) is 49.4 Å². The van der Waals surface area contributed by atoms with Gasteiger partial charge in [0.15, 0.2) is 6.61 Å². The summed E-state index contributed by atoms with van der Waals surface area (Å²) in [4.78, 5) is 27.9. The standard InChI is InChI=1S/C21H20N4O4/c1-13(14-5-3-2-4-6-14)22-20(27)21-24-18(25-29-21)12-28-16-9-7-15-8-10-19(26)23-17(15)11-16/h2-7,9,11,13H,8,10,12H2,1H3,(H,22,27)(H,23,26)/t13-/m0/s1. The summed E-state index contributed by atoms with van der Waals surface area (Å²) in [5, 5.41) is 9.44. The molecule has 29 heavy (non-hydrogen) atoms. The SMILES string of the molecule is C[C@H](NC(=O)c1nc(COc2ccc3c(c2)NC(=O)CC3)no1)c1ccccc1. The van der Waals surface area contributed by atoms with Gasteiger partial charge in [-0.3, -0.25) is 9.59 Å². The average Bonchev–Trinajstić information content (AvgIpc) is 3.22. The molecule has 8 nitrogen and oxygen atoms in total. The topological polar surface area (TPSA) is 106 Å². The van der Waals surface area contributed by atoms with Crippen LogP contribution in [0.25, 0.3) is 0 Å². The van der Waals surface area contributed by atoms with E-state index in [0.29, 0.717) is 18.6 Å². The third-order valence-corrected chi connectivity index (χ3v) is 4.65. The van der Waals surface area contributed by atoms with Crippen molar-refractivity contribution in [2.75, 3.05) is 5.32 Å². The molecule has 0 fully saturated rings. The Morgan fingerprint density at radius 1 is 1.24 bits per heavy atom. The van der Waals surface area contributed by atoms with E-state index >= 15 is 0 Å². The number of carbonyl (C=O) groups is 2. The van der Waals surface area contributed by atoms with E-state index in [1.54, 1.807) is 6.07 Å². The van der Waals surface area contributed by atoms with Crippen LogP contribution in [-0.4, -0.2) is 22.0 Å². The minimum atomic E-state index is -0.448. The quantitative estimate of drug-likeness (QED) is 0.668. The van der Waals surface area contributed by atoms with Crippen LogP contribution in [0.1, 0.15) is 47.0 Å². The molecule has 3 aromatic rings. The molecule has 8 heteroatoms. The molecule has 1 aromatic heterocycles. The third-order valence-electron chi connectivity index (χ3n) is 4.65. The molecule has 0 unspecified atom stereocenters. The van der Waals surface area contributed by atoms with Crippen LogP contribution in [0, 0.1) is 0 Å². The maximum Gasteiger partial charge on any atom is 0.316 e. The third kappa shape index (κ3) is 4.43. The Morgan fingerprint density at radius 2 is 2.07 bits per heavy atom. The fourth-order valence-electron chi connectivity index (χ4n) is 3.08. The number of ether oxygens (including phenoxy) is 1. The number of aromatic nitrogens is 2. The maximum atomic E-state index is 12.3. The average molecular weight is 392 g/mol. The molecule has 0 saturated carbocycles. The lowest BCUT2D eigenvalue weighted by Gasteiger charge is -2.17. The number of anilines is 1. The van der Waals surface area contributed by atoms with Gasteiger partial charge in [0, 0.05) is 18.2 Å². The zero-order chi connectivity index (χ0) is 20.2. The van der Waals surface area contributed by atoms with Crippen LogP contribution in [0.3, 0.4) is 0 Å². The van der Waals surface area contributed by atoms with Crippen LogP contribution in [0.5, 0.6) is 5.75 Å². The second kappa shape index (κ2) is 8.14. The lowest BCUT2D eigenvalue weighted by atomic mass is 10.0. The summed E-state index contributed by atoms with van der Waals surface area (Å²) in [5.41, 5.74) is 2.80. The number of carbonyl (C=O) groups excluding carboxylic acids is 2. The zero-order valence-corrected chi connectivity index (χ0v) is 15.8. The van der Waals surface area contributed by atoms with Crippen molar-refractivity contribution < 1.29 is 18.8 Å². The van der Waals surface area contributed by atoms with Crippen molar-refractivity contribution in [3.05, 3.63) is 71.4 Å². The van der Waals surface area contributed by atoms with E-state index in [1.165, 1.54) is 0 Å². The summed E-state index contributed by atoms with van der Waals surface area (Å²) in [6.07, 6.45) is 1.20. The second-order valence-corrected chi connectivity index (χ2v) is 6.78. The van der Waals surface area contributed by atoms with Gasteiger partial charge >= 0.3 is 11.8 Å². The Balaban J connectivity index is 1.35. The van der Waals surface area contributed by atoms with Gasteiger partial charge in [0.1, 0.15) is 5.75 Å². The predicted molar refractivity (Wildman–Crippen MR) is 104 cm³/mol. The summed E-state index contributed by atoms with van der Waals surface area (Å²) >= 11 is 0. The molecule has 2 N–H and O–H groups in total. The molecule has 1 aliphatic heterocycles. The number of aryl methyl sites for hydroxylation is 1. The van der Waals surface area contributed by atoms with Gasteiger partial charge in [-0.2, -0.15) is 4.98 Å². The lowest BCUT2D eigenvalue weighted by molar-refractivity contribution is -0.116. The molecule has 1 atom stereocenters. The fraction of sp³-hybridized carbons (Fsp3) is 0.238. The molecule has 0 radical (unpaired) electrons. The number of rotatable bonds is 6. The molecule has 0 saturated heterocycles. The lowest BCUT2D eigenvalue weighted by Crippen LogP contribution is -2.26. The second-order valence-electron chi connectivity index (χ2n) is 6.78. The van der Waals surface area contributed by atoms with Crippen molar-refractivity contribution >= 4 is 17.5 Å². The number of hydrogen-bond acceptors (Lipinski definition) is 6. The van der Waals surface area contributed by atoms with Gasteiger partial charge < -0.3 is 19.9 Å². The van der Waals surface area contributed by atoms with E-state index in [0.717, 1.165) is 16.8 Å². The smallest absolute Gasteiger partial charge is 0.316 e. The normalized spacial score (nSPS) is 13.9. The fourth-order valence-corrected chi connectivity index (χ4v) is 3.08. The van der Waals surface area contributed by atoms with E-state index in [2.05, 4.69) is 20.8 Å². The van der Waals surface area contributed by atoms with Crippen LogP contribution in [0.2, 0.25) is 0 Å². The first-order chi connectivity index (χ1) is 14.1. The number of nitrogens with one attached hydrogen (secondary N) is 2. The molecule has 2 aromatic carbocycles. The van der Waals surface area contributed by atoms with Crippen molar-refractivity contribution in [3.63, 3.8) is 0 Å². The summed E-state index contributed by atoms with van der Waals surface area (Å²) in [6.45, 7) is 1.92. The molecule has 2 heterocycles. The summed E-state index contributed by atoms with van der Waals surface area (Å²) in [7, 11) is 0. The Kier molecular flexibility index (Phi) is 5.24. The molecule has 1 aliphatic rings. The molecule has 4 rings (SSSR count). The Morgan fingerprint density at radius 3 is 2.90 bits per heavy atom. The maximum absolute atomic E-state index is 12.3. The van der Waals surface area contributed by atoms with E-state index in [-0.39, 0.29) is 30.3 Å². The van der Waals surface area contributed by atoms with E-state index < -0.39 is 5.91 Å². The van der Waals surface area contributed by atoms with Gasteiger partial charge in [0.05, 0.1) is 6.04 Å². The predicted octanol–water partition coefficient (Wildman–Crippen LogP) is 3.02. The molecule has 148 valence electrons. The Bertz CT molecular complexity index is 1030. The zero-order valence-electron chi connectivity index (χ0n) is 15.8. The van der Waals surface area contributed by atoms with Gasteiger partial charge in [0.2, 0.25) is 11.7 Å². The number of fused-ring (bicyclic) bond motifs is 1. The van der Waals surface area contributed by atoms with Gasteiger partial charge in [-0.1, -0.05) is 41.6 Å². The van der Waals surface area contributed by atoms with Crippen LogP contribution in [-0.2, 0) is 17.8 Å². The molecule has 0 spiro atoms. The first-order valence-electron chi connectivity index (χ1n) is 9.32. The summed E-state index contributed by atoms with van der Waals surface area (Å²) < 4.78 is 10.7. The highest BCUT2D eigenvalue weighted by atomic mass is 16.5. The molecular formula is C21H20N4O4. The van der Waals surface area contributed by atoms with Gasteiger partial charge in [-0.25, -0.2) is 0 Å². The van der Waals surface area contributed by atoms with Crippen molar-refractivity contribution in [2.24, 2.45) is 0 Å². The monoisotopic (exact) mass is 392 g/mol. The van der Waals surface area contributed by atoms with Crippen LogP contribution in [0.4, 0.5) is 5.69 Å². The van der Waals surface area contributed by atoms with Gasteiger partial charge in [-0.05, 0) is 30.5 Å². The Hall–Kier alpha value is -3.68. The first kappa shape index (κ1) is 18.7. The largest absolute Gasteiger partial charge is 0.485 e. The Labute approximate surface area is 167 Å². The summed E-state index contributed by atoms with van der Waals surface area (Å²) in [6, 6.07) is 14.9. The minimum Gasteiger partial charge on any atom is -0.485 e. The van der Waals surface area contributed by atoms with Crippen LogP contribution < -0.4 is 15.4 Å². The molecule has 0 bridgehead atoms. The van der Waals surface area contributed by atoms with Gasteiger partial charge in [0.25, 0.3) is 0 Å². The van der Waals surface area contributed by atoms with Crippen molar-refractivity contribution in [3.8, 4) is 5.75 Å². The number of hydrogen-bond donors (Lipinski definition) is 2. The van der Waals surface area contributed by atoms with E-state index in [4.69, 9.17) is 9.26 Å². The highest BCUT2D eigenvalue weighted by molar-refractivity contribution is 5.94. The molecule has 2 amide bonds. The number of benzene rings is 2. The number of nitrogens with zero attached hydrogens (tertiary/aromatic N) is 2. The van der Waals surface area contributed by atoms with Gasteiger partial charge in [-0.15, -0.1) is 0 Å². The minimum absolute atomic E-state index is 0.00629. The van der Waals surface area contributed by atoms with E-state index in [9.17, 15) is 9.59 Å². The van der Waals surface area contributed by atoms with Crippen molar-refractivity contribution in [1.29, 1.82) is 0 Å². The van der Waals surface area contributed by atoms with Crippen molar-refractivity contribution in [2.45, 2.75) is 32.4 Å². The first-order valence-corrected chi connectivity index (χ1v) is 9.32. The van der Waals surface area contributed by atoms with Crippen molar-refractivity contribution in [1.82, 2.24) is 15.5 Å². The highest BCUT2D eigenvalue weighted by Gasteiger charge is 2.19. The van der Waals surface area contributed by atoms with Crippen LogP contribution >= 0.6 is 0 Å². The molecule has 0 aliphatic carbocycles. The summed E-state index contributed by atoms with van der Waals surface area (Å²) in [5.74, 6) is 0.248. The number of amides is 2. The molecular weight excluding hydrogens is 372 g/mol.